The standard InChI is InChI=1S/C24H31IN3O2S.Cu/c1-3-8-19-17-25(19)22(23(29)26-16-7-11-18-9-5-4-6-10-18)28-24(30)27-20-12-14-21(31-2)15-13-20;/h4-6,9-10,12-16,19,22H,3,7-8,11,17H2,1-2H3,(H,26,29)(H2,27,28,30);/q-1;+1. The van der Waals surface area contributed by atoms with E-state index in [2.05, 4.69) is 35.0 Å². The summed E-state index contributed by atoms with van der Waals surface area (Å²) in [5, 5.41) is 8.81. The summed E-state index contributed by atoms with van der Waals surface area (Å²) < 4.78 is 1.44. The summed E-state index contributed by atoms with van der Waals surface area (Å²) in [6, 6.07) is 17.6. The molecule has 0 bridgehead atoms. The molecule has 3 amide bonds. The van der Waals surface area contributed by atoms with Crippen molar-refractivity contribution in [3.05, 3.63) is 66.7 Å². The van der Waals surface area contributed by atoms with Crippen LogP contribution in [-0.2, 0) is 28.3 Å². The van der Waals surface area contributed by atoms with Crippen LogP contribution < -0.4 is 16.0 Å². The third kappa shape index (κ3) is 8.61. The summed E-state index contributed by atoms with van der Waals surface area (Å²) in [5.74, 6) is -0.0651. The van der Waals surface area contributed by atoms with E-state index in [1.165, 1.54) is 5.56 Å². The molecule has 32 heavy (non-hydrogen) atoms. The van der Waals surface area contributed by atoms with Gasteiger partial charge in [0.2, 0.25) is 0 Å². The fraction of sp³-hybridized carbons (Fsp3) is 0.375. The molecule has 3 N–H and O–H groups in total. The molecule has 1 fully saturated rings. The van der Waals surface area contributed by atoms with Gasteiger partial charge in [0.15, 0.2) is 0 Å². The van der Waals surface area contributed by atoms with Gasteiger partial charge >= 0.3 is 215 Å². The van der Waals surface area contributed by atoms with Gasteiger partial charge in [-0.3, -0.25) is 0 Å². The third-order valence-corrected chi connectivity index (χ3v) is 12.5. The Bertz CT molecular complexity index is 854. The molecule has 2 atom stereocenters. The molecular weight excluding hydrogens is 585 g/mol. The van der Waals surface area contributed by atoms with Crippen molar-refractivity contribution in [2.24, 2.45) is 0 Å². The number of hydrogen-bond acceptors (Lipinski definition) is 3. The van der Waals surface area contributed by atoms with Crippen LogP contribution in [0.1, 0.15) is 31.7 Å². The first-order valence-electron chi connectivity index (χ1n) is 10.6. The normalized spacial score (nSPS) is 16.4. The van der Waals surface area contributed by atoms with Gasteiger partial charge in [-0.1, -0.05) is 0 Å². The molecule has 1 aliphatic heterocycles. The summed E-state index contributed by atoms with van der Waals surface area (Å²) in [6.45, 7) is 4.01. The van der Waals surface area contributed by atoms with Crippen molar-refractivity contribution in [2.45, 2.75) is 45.5 Å². The Balaban J connectivity index is 0.00000363. The zero-order chi connectivity index (χ0) is 22.1. The van der Waals surface area contributed by atoms with Crippen molar-refractivity contribution >= 4 is 49.2 Å². The largest absolute Gasteiger partial charge is 1.00 e. The molecule has 2 unspecified atom stereocenters. The van der Waals surface area contributed by atoms with E-state index in [1.807, 2.05) is 55.3 Å². The van der Waals surface area contributed by atoms with Crippen LogP contribution in [-0.4, -0.2) is 30.6 Å². The predicted molar refractivity (Wildman–Crippen MR) is 139 cm³/mol. The molecule has 2 aromatic carbocycles. The molecule has 1 aliphatic rings. The molecule has 3 rings (SSSR count). The number of nitrogens with one attached hydrogen (secondary N) is 3. The molecule has 0 radical (unpaired) electrons. The number of hydrogen-bond donors (Lipinski definition) is 3. The Labute approximate surface area is 213 Å². The Morgan fingerprint density at radius 3 is 2.53 bits per heavy atom. The van der Waals surface area contributed by atoms with Crippen molar-refractivity contribution in [3.63, 3.8) is 0 Å². The van der Waals surface area contributed by atoms with Gasteiger partial charge in [-0.05, 0) is 0 Å². The van der Waals surface area contributed by atoms with Crippen molar-refractivity contribution in [1.29, 1.82) is 0 Å². The summed E-state index contributed by atoms with van der Waals surface area (Å²) in [7, 11) is 0. The number of halogens is 1. The molecule has 1 heterocycles. The number of carbonyl (C=O) groups is 2. The van der Waals surface area contributed by atoms with E-state index in [0.29, 0.717) is 3.92 Å². The number of amides is 3. The molecule has 0 spiro atoms. The first-order chi connectivity index (χ1) is 15.1. The Hall–Kier alpha value is -1.22. The van der Waals surface area contributed by atoms with Gasteiger partial charge in [-0.2, -0.15) is 0 Å². The fourth-order valence-corrected chi connectivity index (χ4v) is 10.9. The van der Waals surface area contributed by atoms with Gasteiger partial charge in [0.1, 0.15) is 0 Å². The van der Waals surface area contributed by atoms with Crippen LogP contribution >= 0.6 is 31.6 Å². The number of alkyl halides is 3. The first-order valence-corrected chi connectivity index (χ1v) is 15.8. The van der Waals surface area contributed by atoms with Gasteiger partial charge in [-0.15, -0.1) is 0 Å². The smallest absolute Gasteiger partial charge is 1.00 e. The predicted octanol–water partition coefficient (Wildman–Crippen LogP) is 5.45. The summed E-state index contributed by atoms with van der Waals surface area (Å²) in [4.78, 5) is 26.7. The molecule has 1 saturated heterocycles. The second kappa shape index (κ2) is 14.1. The minimum atomic E-state index is -1.52. The topological polar surface area (TPSA) is 70.2 Å². The van der Waals surface area contributed by atoms with Gasteiger partial charge in [-0.25, -0.2) is 0 Å². The van der Waals surface area contributed by atoms with Gasteiger partial charge in [0.25, 0.3) is 0 Å². The van der Waals surface area contributed by atoms with E-state index in [0.717, 1.165) is 40.7 Å². The van der Waals surface area contributed by atoms with Crippen LogP contribution in [0.4, 0.5) is 10.5 Å². The maximum Gasteiger partial charge on any atom is 1.00 e. The van der Waals surface area contributed by atoms with E-state index in [4.69, 9.17) is 0 Å². The van der Waals surface area contributed by atoms with Crippen molar-refractivity contribution in [2.75, 3.05) is 16.0 Å². The zero-order valence-electron chi connectivity index (χ0n) is 18.4. The SMILES string of the molecule is CCCC1CI1C(NC(=O)Nc1ccc(SC)cc1)C(=O)N[CH-]CCc1ccccc1.[Cu+]. The average Bonchev–Trinajstić information content (AvgIpc) is 3.55. The van der Waals surface area contributed by atoms with Crippen LogP contribution in [0, 0.1) is 6.54 Å². The maximum atomic E-state index is 12.9. The summed E-state index contributed by atoms with van der Waals surface area (Å²) in [6.07, 6.45) is 5.95. The number of urea groups is 1. The van der Waals surface area contributed by atoms with Gasteiger partial charge in [0, 0.05) is 0 Å². The van der Waals surface area contributed by atoms with Crippen LogP contribution in [0.25, 0.3) is 0 Å². The quantitative estimate of drug-likeness (QED) is 0.0599. The number of benzene rings is 2. The van der Waals surface area contributed by atoms with E-state index >= 15 is 0 Å². The molecule has 0 saturated carbocycles. The summed E-state index contributed by atoms with van der Waals surface area (Å²) in [5.41, 5.74) is 1.98. The van der Waals surface area contributed by atoms with E-state index in [1.54, 1.807) is 11.8 Å². The molecule has 2 aromatic rings. The second-order valence-corrected chi connectivity index (χ2v) is 14.6. The Morgan fingerprint density at radius 2 is 1.88 bits per heavy atom. The molecule has 0 aliphatic carbocycles. The van der Waals surface area contributed by atoms with Crippen molar-refractivity contribution in [1.82, 2.24) is 10.6 Å². The maximum absolute atomic E-state index is 12.9. The Kier molecular flexibility index (Phi) is 11.9. The monoisotopic (exact) mass is 615 g/mol. The van der Waals surface area contributed by atoms with Crippen LogP contribution in [0.2, 0.25) is 0 Å². The third-order valence-electron chi connectivity index (χ3n) is 5.02. The minimum Gasteiger partial charge on any atom is 1.00 e. The molecule has 8 heteroatoms. The number of anilines is 1. The molecule has 0 aromatic heterocycles. The van der Waals surface area contributed by atoms with Crippen LogP contribution in [0.3, 0.4) is 0 Å². The van der Waals surface area contributed by atoms with Crippen molar-refractivity contribution in [3.8, 4) is 0 Å². The number of rotatable bonds is 11. The van der Waals surface area contributed by atoms with Crippen molar-refractivity contribution < 1.29 is 26.7 Å². The average molecular weight is 616 g/mol. The first kappa shape index (κ1) is 27.0. The van der Waals surface area contributed by atoms with E-state index in [-0.39, 0.29) is 33.1 Å². The van der Waals surface area contributed by atoms with Gasteiger partial charge in [0.05, 0.1) is 0 Å². The number of thioether (sulfide) groups is 1. The second-order valence-electron chi connectivity index (χ2n) is 7.40. The van der Waals surface area contributed by atoms with E-state index < -0.39 is 19.8 Å². The minimum absolute atomic E-state index is 0. The zero-order valence-corrected chi connectivity index (χ0v) is 22.3. The number of aryl methyl sites for hydroxylation is 1. The summed E-state index contributed by atoms with van der Waals surface area (Å²) >= 11 is 0.141. The molecular formula is C24H31CuIN3O2S. The van der Waals surface area contributed by atoms with Crippen LogP contribution in [0.15, 0.2) is 59.5 Å². The van der Waals surface area contributed by atoms with Gasteiger partial charge < -0.3 is 0 Å². The molecule has 5 nitrogen and oxygen atoms in total. The number of carbonyl (C=O) groups excluding carboxylic acids is 2. The molecule has 178 valence electrons. The van der Waals surface area contributed by atoms with Crippen LogP contribution in [0.5, 0.6) is 0 Å². The Morgan fingerprint density at radius 1 is 1.16 bits per heavy atom. The van der Waals surface area contributed by atoms with E-state index in [9.17, 15) is 9.59 Å². The fourth-order valence-electron chi connectivity index (χ4n) is 3.31.